The van der Waals surface area contributed by atoms with Gasteiger partial charge in [-0.25, -0.2) is 0 Å². The maximum Gasteiger partial charge on any atom is 0.0697 e. The summed E-state index contributed by atoms with van der Waals surface area (Å²) >= 11 is 0. The molecule has 2 rings (SSSR count). The molecule has 0 radical (unpaired) electrons. The molecule has 1 N–H and O–H groups in total. The Balaban J connectivity index is 1.91. The zero-order valence-corrected chi connectivity index (χ0v) is 9.74. The summed E-state index contributed by atoms with van der Waals surface area (Å²) in [5.41, 5.74) is 0.201. The molecule has 1 atom stereocenters. The van der Waals surface area contributed by atoms with Gasteiger partial charge in [-0.1, -0.05) is 12.8 Å². The van der Waals surface area contributed by atoms with E-state index in [2.05, 4.69) is 11.9 Å². The van der Waals surface area contributed by atoms with Crippen molar-refractivity contribution in [2.24, 2.45) is 0 Å². The van der Waals surface area contributed by atoms with Gasteiger partial charge in [0, 0.05) is 19.2 Å². The van der Waals surface area contributed by atoms with Crippen LogP contribution in [0.5, 0.6) is 0 Å². The monoisotopic (exact) mass is 213 g/mol. The van der Waals surface area contributed by atoms with Gasteiger partial charge in [0.15, 0.2) is 0 Å². The minimum absolute atomic E-state index is 0.201. The van der Waals surface area contributed by atoms with Crippen LogP contribution in [0.3, 0.4) is 0 Å². The second-order valence-corrected chi connectivity index (χ2v) is 5.09. The molecule has 0 aromatic rings. The molecule has 2 fully saturated rings. The van der Waals surface area contributed by atoms with E-state index in [4.69, 9.17) is 9.84 Å². The first-order valence-corrected chi connectivity index (χ1v) is 6.21. The average Bonchev–Trinajstić information content (AvgIpc) is 2.67. The van der Waals surface area contributed by atoms with Gasteiger partial charge in [-0.2, -0.15) is 0 Å². The fourth-order valence-electron chi connectivity index (χ4n) is 3.09. The Labute approximate surface area is 92.4 Å². The van der Waals surface area contributed by atoms with E-state index in [1.54, 1.807) is 0 Å². The minimum atomic E-state index is 0.201. The SMILES string of the molecule is CN(CCO)C1CCOC2(CCCC2)C1. The molecule has 1 aliphatic heterocycles. The van der Waals surface area contributed by atoms with Gasteiger partial charge in [-0.15, -0.1) is 0 Å². The summed E-state index contributed by atoms with van der Waals surface area (Å²) in [6.45, 7) is 1.96. The van der Waals surface area contributed by atoms with Crippen molar-refractivity contribution in [3.8, 4) is 0 Å². The number of hydrogen-bond acceptors (Lipinski definition) is 3. The van der Waals surface area contributed by atoms with Gasteiger partial charge in [0.2, 0.25) is 0 Å². The summed E-state index contributed by atoms with van der Waals surface area (Å²) < 4.78 is 6.00. The lowest BCUT2D eigenvalue weighted by Crippen LogP contribution is -2.46. The van der Waals surface area contributed by atoms with E-state index in [0.717, 1.165) is 19.6 Å². The predicted octanol–water partition coefficient (Wildman–Crippen LogP) is 1.40. The molecule has 1 unspecified atom stereocenters. The number of likely N-dealkylation sites (N-methyl/N-ethyl adjacent to an activating group) is 1. The van der Waals surface area contributed by atoms with Crippen LogP contribution >= 0.6 is 0 Å². The lowest BCUT2D eigenvalue weighted by atomic mass is 9.88. The minimum Gasteiger partial charge on any atom is -0.395 e. The van der Waals surface area contributed by atoms with Crippen LogP contribution in [0.25, 0.3) is 0 Å². The summed E-state index contributed by atoms with van der Waals surface area (Å²) in [6.07, 6.45) is 7.45. The third-order valence-electron chi connectivity index (χ3n) is 4.06. The first kappa shape index (κ1) is 11.4. The number of rotatable bonds is 3. The van der Waals surface area contributed by atoms with Crippen LogP contribution in [0, 0.1) is 0 Å². The largest absolute Gasteiger partial charge is 0.395 e. The Morgan fingerprint density at radius 1 is 1.40 bits per heavy atom. The van der Waals surface area contributed by atoms with Crippen molar-refractivity contribution in [3.05, 3.63) is 0 Å². The molecule has 0 aromatic carbocycles. The zero-order chi connectivity index (χ0) is 10.7. The molecule has 3 heteroatoms. The second kappa shape index (κ2) is 4.81. The van der Waals surface area contributed by atoms with Crippen molar-refractivity contribution in [1.29, 1.82) is 0 Å². The lowest BCUT2D eigenvalue weighted by Gasteiger charge is -2.41. The molecular formula is C12H23NO2. The highest BCUT2D eigenvalue weighted by Gasteiger charge is 2.40. The first-order valence-electron chi connectivity index (χ1n) is 6.21. The average molecular weight is 213 g/mol. The maximum atomic E-state index is 8.95. The zero-order valence-electron chi connectivity index (χ0n) is 9.74. The van der Waals surface area contributed by atoms with Crippen molar-refractivity contribution in [2.45, 2.75) is 50.2 Å². The molecule has 3 nitrogen and oxygen atoms in total. The highest BCUT2D eigenvalue weighted by molar-refractivity contribution is 4.93. The van der Waals surface area contributed by atoms with Crippen LogP contribution in [-0.4, -0.2) is 48.5 Å². The molecule has 1 saturated heterocycles. The van der Waals surface area contributed by atoms with Gasteiger partial charge in [-0.05, 0) is 32.7 Å². The highest BCUT2D eigenvalue weighted by Crippen LogP contribution is 2.40. The summed E-state index contributed by atoms with van der Waals surface area (Å²) in [7, 11) is 2.12. The first-order chi connectivity index (χ1) is 7.26. The van der Waals surface area contributed by atoms with E-state index < -0.39 is 0 Å². The molecule has 0 aromatic heterocycles. The van der Waals surface area contributed by atoms with Crippen LogP contribution in [0.1, 0.15) is 38.5 Å². The number of ether oxygens (including phenoxy) is 1. The Morgan fingerprint density at radius 2 is 2.13 bits per heavy atom. The van der Waals surface area contributed by atoms with Crippen molar-refractivity contribution >= 4 is 0 Å². The van der Waals surface area contributed by atoms with E-state index in [1.165, 1.54) is 32.1 Å². The Kier molecular flexibility index (Phi) is 3.65. The summed E-state index contributed by atoms with van der Waals surface area (Å²) in [6, 6.07) is 0.615. The summed E-state index contributed by atoms with van der Waals surface area (Å²) in [5, 5.41) is 8.95. The van der Waals surface area contributed by atoms with Crippen LogP contribution in [0.15, 0.2) is 0 Å². The van der Waals surface area contributed by atoms with Gasteiger partial charge in [-0.3, -0.25) is 0 Å². The molecule has 1 saturated carbocycles. The number of nitrogens with zero attached hydrogens (tertiary/aromatic N) is 1. The molecule has 1 heterocycles. The van der Waals surface area contributed by atoms with Gasteiger partial charge < -0.3 is 14.7 Å². The predicted molar refractivity (Wildman–Crippen MR) is 59.9 cm³/mol. The second-order valence-electron chi connectivity index (χ2n) is 5.09. The number of hydrogen-bond donors (Lipinski definition) is 1. The summed E-state index contributed by atoms with van der Waals surface area (Å²) in [4.78, 5) is 2.29. The van der Waals surface area contributed by atoms with Gasteiger partial charge in [0.25, 0.3) is 0 Å². The molecule has 2 aliphatic rings. The Morgan fingerprint density at radius 3 is 2.80 bits per heavy atom. The Bertz CT molecular complexity index is 202. The smallest absolute Gasteiger partial charge is 0.0697 e. The third-order valence-corrected chi connectivity index (χ3v) is 4.06. The standard InChI is InChI=1S/C12H23NO2/c1-13(7-8-14)11-4-9-15-12(10-11)5-2-3-6-12/h11,14H,2-10H2,1H3. The molecule has 0 bridgehead atoms. The van der Waals surface area contributed by atoms with Gasteiger partial charge in [0.1, 0.15) is 0 Å². The fourth-order valence-corrected chi connectivity index (χ4v) is 3.09. The quantitative estimate of drug-likeness (QED) is 0.769. The molecule has 15 heavy (non-hydrogen) atoms. The van der Waals surface area contributed by atoms with Gasteiger partial charge in [0.05, 0.1) is 12.2 Å². The third kappa shape index (κ3) is 2.52. The van der Waals surface area contributed by atoms with Crippen LogP contribution in [0.4, 0.5) is 0 Å². The topological polar surface area (TPSA) is 32.7 Å². The number of aliphatic hydroxyl groups excluding tert-OH is 1. The van der Waals surface area contributed by atoms with E-state index in [9.17, 15) is 0 Å². The van der Waals surface area contributed by atoms with Crippen LogP contribution < -0.4 is 0 Å². The van der Waals surface area contributed by atoms with E-state index in [0.29, 0.717) is 6.04 Å². The van der Waals surface area contributed by atoms with Gasteiger partial charge >= 0.3 is 0 Å². The molecule has 1 spiro atoms. The van der Waals surface area contributed by atoms with Crippen molar-refractivity contribution in [3.63, 3.8) is 0 Å². The maximum absolute atomic E-state index is 8.95. The van der Waals surface area contributed by atoms with Crippen molar-refractivity contribution in [2.75, 3.05) is 26.8 Å². The molecule has 88 valence electrons. The van der Waals surface area contributed by atoms with Crippen LogP contribution in [0.2, 0.25) is 0 Å². The van der Waals surface area contributed by atoms with Crippen molar-refractivity contribution < 1.29 is 9.84 Å². The normalized spacial score (nSPS) is 30.2. The fraction of sp³-hybridized carbons (Fsp3) is 1.00. The molecule has 0 amide bonds. The Hall–Kier alpha value is -0.120. The van der Waals surface area contributed by atoms with E-state index in [1.807, 2.05) is 0 Å². The number of aliphatic hydroxyl groups is 1. The molecule has 1 aliphatic carbocycles. The van der Waals surface area contributed by atoms with E-state index in [-0.39, 0.29) is 12.2 Å². The van der Waals surface area contributed by atoms with Crippen molar-refractivity contribution in [1.82, 2.24) is 4.90 Å². The van der Waals surface area contributed by atoms with E-state index >= 15 is 0 Å². The summed E-state index contributed by atoms with van der Waals surface area (Å²) in [5.74, 6) is 0. The highest BCUT2D eigenvalue weighted by atomic mass is 16.5. The molecular weight excluding hydrogens is 190 g/mol. The lowest BCUT2D eigenvalue weighted by molar-refractivity contribution is -0.0996. The van der Waals surface area contributed by atoms with Crippen LogP contribution in [-0.2, 0) is 4.74 Å².